The number of ether oxygens (including phenoxy) is 7. The Balaban J connectivity index is 1.34. The monoisotopic (exact) mass is 542 g/mol. The summed E-state index contributed by atoms with van der Waals surface area (Å²) in [6.45, 7) is 0.268. The molecule has 0 unspecified atom stereocenters. The van der Waals surface area contributed by atoms with Crippen LogP contribution in [0.2, 0.25) is 0 Å². The molecule has 0 atom stereocenters. The highest BCUT2D eigenvalue weighted by Crippen LogP contribution is 2.44. The highest BCUT2D eigenvalue weighted by molar-refractivity contribution is 5.57. The van der Waals surface area contributed by atoms with Crippen LogP contribution in [0.25, 0.3) is 0 Å². The van der Waals surface area contributed by atoms with E-state index in [2.05, 4.69) is 24.3 Å². The molecule has 208 valence electrons. The third-order valence-electron chi connectivity index (χ3n) is 6.94. The fourth-order valence-corrected chi connectivity index (χ4v) is 4.75. The van der Waals surface area contributed by atoms with Crippen LogP contribution in [0.1, 0.15) is 22.3 Å². The molecule has 0 aliphatic carbocycles. The molecule has 0 saturated carbocycles. The second kappa shape index (κ2) is 12.6. The van der Waals surface area contributed by atoms with Gasteiger partial charge in [0.2, 0.25) is 12.5 Å². The first-order valence-electron chi connectivity index (χ1n) is 13.2. The molecular formula is C33H34O7. The standard InChI is InChI=1S/C33H34O7/c1-34-26-7-5-6-22(16-26)8-9-24-12-14-27(35-2)30(18-24)40-33-31(36-3)19-25(20-32(33)37-4)11-10-23-13-15-28-29(17-23)39-21-38-28/h5-7,12-20H,8-11,21H2,1-4H3. The molecule has 7 nitrogen and oxygen atoms in total. The summed E-state index contributed by atoms with van der Waals surface area (Å²) in [6.07, 6.45) is 3.32. The Morgan fingerprint density at radius 2 is 1.12 bits per heavy atom. The Bertz CT molecular complexity index is 1440. The SMILES string of the molecule is COc1cccc(CCc2ccc(OC)c(Oc3c(OC)cc(CCc4ccc5c(c4)OCO5)cc3OC)c2)c1. The molecule has 0 N–H and O–H groups in total. The lowest BCUT2D eigenvalue weighted by atomic mass is 10.0. The first kappa shape index (κ1) is 27.1. The Morgan fingerprint density at radius 3 is 1.82 bits per heavy atom. The molecule has 7 heteroatoms. The Kier molecular flexibility index (Phi) is 8.50. The van der Waals surface area contributed by atoms with Crippen LogP contribution >= 0.6 is 0 Å². The lowest BCUT2D eigenvalue weighted by molar-refractivity contribution is 0.174. The minimum Gasteiger partial charge on any atom is -0.497 e. The molecule has 0 radical (unpaired) electrons. The number of rotatable bonds is 12. The van der Waals surface area contributed by atoms with Gasteiger partial charge < -0.3 is 33.2 Å². The summed E-state index contributed by atoms with van der Waals surface area (Å²) in [4.78, 5) is 0. The van der Waals surface area contributed by atoms with Crippen LogP contribution < -0.4 is 33.2 Å². The molecule has 0 amide bonds. The Labute approximate surface area is 235 Å². The summed E-state index contributed by atoms with van der Waals surface area (Å²) in [5, 5.41) is 0. The summed E-state index contributed by atoms with van der Waals surface area (Å²) >= 11 is 0. The summed E-state index contributed by atoms with van der Waals surface area (Å²) < 4.78 is 39.8. The number of methoxy groups -OCH3 is 4. The van der Waals surface area contributed by atoms with Crippen LogP contribution in [-0.2, 0) is 25.7 Å². The van der Waals surface area contributed by atoms with Crippen LogP contribution in [0.5, 0.6) is 46.0 Å². The van der Waals surface area contributed by atoms with E-state index in [1.807, 2.05) is 48.5 Å². The van der Waals surface area contributed by atoms with Crippen LogP contribution in [0, 0.1) is 0 Å². The van der Waals surface area contributed by atoms with Crippen molar-refractivity contribution < 1.29 is 33.2 Å². The van der Waals surface area contributed by atoms with Crippen LogP contribution in [-0.4, -0.2) is 35.2 Å². The van der Waals surface area contributed by atoms with Crippen LogP contribution in [0.15, 0.2) is 72.8 Å². The first-order valence-corrected chi connectivity index (χ1v) is 13.2. The van der Waals surface area contributed by atoms with Crippen LogP contribution in [0.3, 0.4) is 0 Å². The summed E-state index contributed by atoms with van der Waals surface area (Å²) in [5.74, 6) is 5.32. The summed E-state index contributed by atoms with van der Waals surface area (Å²) in [7, 11) is 6.57. The average molecular weight is 543 g/mol. The first-order chi connectivity index (χ1) is 19.6. The minimum atomic E-state index is 0.268. The molecule has 1 aliphatic heterocycles. The molecule has 0 saturated heterocycles. The van der Waals surface area contributed by atoms with Gasteiger partial charge in [0, 0.05) is 0 Å². The van der Waals surface area contributed by atoms with Crippen molar-refractivity contribution in [3.63, 3.8) is 0 Å². The summed E-state index contributed by atoms with van der Waals surface area (Å²) in [6, 6.07) is 24.1. The zero-order valence-electron chi connectivity index (χ0n) is 23.3. The third-order valence-corrected chi connectivity index (χ3v) is 6.94. The lowest BCUT2D eigenvalue weighted by Gasteiger charge is -2.18. The second-order valence-corrected chi connectivity index (χ2v) is 9.46. The van der Waals surface area contributed by atoms with Crippen molar-refractivity contribution in [2.24, 2.45) is 0 Å². The van der Waals surface area contributed by atoms with E-state index in [0.717, 1.165) is 59.6 Å². The average Bonchev–Trinajstić information content (AvgIpc) is 3.47. The fraction of sp³-hybridized carbons (Fsp3) is 0.273. The predicted molar refractivity (Wildman–Crippen MR) is 153 cm³/mol. The van der Waals surface area contributed by atoms with Gasteiger partial charge in [-0.3, -0.25) is 0 Å². The second-order valence-electron chi connectivity index (χ2n) is 9.46. The number of hydrogen-bond acceptors (Lipinski definition) is 7. The molecule has 40 heavy (non-hydrogen) atoms. The van der Waals surface area contributed by atoms with E-state index in [4.69, 9.17) is 33.2 Å². The van der Waals surface area contributed by atoms with Gasteiger partial charge in [0.1, 0.15) is 5.75 Å². The van der Waals surface area contributed by atoms with Crippen molar-refractivity contribution in [2.45, 2.75) is 25.7 Å². The van der Waals surface area contributed by atoms with Gasteiger partial charge in [-0.05, 0) is 96.5 Å². The molecule has 0 aromatic heterocycles. The van der Waals surface area contributed by atoms with E-state index in [9.17, 15) is 0 Å². The van der Waals surface area contributed by atoms with Crippen molar-refractivity contribution in [3.8, 4) is 46.0 Å². The number of fused-ring (bicyclic) bond motifs is 1. The zero-order valence-corrected chi connectivity index (χ0v) is 23.3. The fourth-order valence-electron chi connectivity index (χ4n) is 4.75. The predicted octanol–water partition coefficient (Wildman–Crippen LogP) is 6.81. The van der Waals surface area contributed by atoms with E-state index in [-0.39, 0.29) is 6.79 Å². The molecule has 0 spiro atoms. The van der Waals surface area contributed by atoms with Gasteiger partial charge >= 0.3 is 0 Å². The van der Waals surface area contributed by atoms with E-state index >= 15 is 0 Å². The number of benzene rings is 4. The molecule has 5 rings (SSSR count). The number of aryl methyl sites for hydroxylation is 4. The van der Waals surface area contributed by atoms with Crippen molar-refractivity contribution in [1.29, 1.82) is 0 Å². The van der Waals surface area contributed by atoms with Crippen LogP contribution in [0.4, 0.5) is 0 Å². The molecular weight excluding hydrogens is 508 g/mol. The third kappa shape index (κ3) is 6.20. The lowest BCUT2D eigenvalue weighted by Crippen LogP contribution is -2.00. The van der Waals surface area contributed by atoms with E-state index in [1.165, 1.54) is 5.56 Å². The van der Waals surface area contributed by atoms with E-state index < -0.39 is 0 Å². The van der Waals surface area contributed by atoms with Gasteiger partial charge in [0.25, 0.3) is 0 Å². The molecule has 4 aromatic carbocycles. The Hall–Kier alpha value is -4.52. The van der Waals surface area contributed by atoms with Gasteiger partial charge in [-0.2, -0.15) is 0 Å². The van der Waals surface area contributed by atoms with Gasteiger partial charge in [0.05, 0.1) is 28.4 Å². The molecule has 0 bridgehead atoms. The van der Waals surface area contributed by atoms with E-state index in [1.54, 1.807) is 28.4 Å². The highest BCUT2D eigenvalue weighted by atomic mass is 16.7. The van der Waals surface area contributed by atoms with Crippen molar-refractivity contribution in [3.05, 3.63) is 95.1 Å². The van der Waals surface area contributed by atoms with Gasteiger partial charge in [-0.25, -0.2) is 0 Å². The maximum absolute atomic E-state index is 6.42. The smallest absolute Gasteiger partial charge is 0.231 e. The summed E-state index contributed by atoms with van der Waals surface area (Å²) in [5.41, 5.74) is 4.56. The maximum atomic E-state index is 6.42. The molecule has 0 fully saturated rings. The largest absolute Gasteiger partial charge is 0.497 e. The van der Waals surface area contributed by atoms with Gasteiger partial charge in [0.15, 0.2) is 34.5 Å². The van der Waals surface area contributed by atoms with Crippen molar-refractivity contribution >= 4 is 0 Å². The highest BCUT2D eigenvalue weighted by Gasteiger charge is 2.19. The number of hydrogen-bond donors (Lipinski definition) is 0. The molecule has 1 aliphatic rings. The normalized spacial score (nSPS) is 11.7. The topological polar surface area (TPSA) is 64.6 Å². The Morgan fingerprint density at radius 1 is 0.525 bits per heavy atom. The molecule has 4 aromatic rings. The quantitative estimate of drug-likeness (QED) is 0.195. The van der Waals surface area contributed by atoms with Crippen molar-refractivity contribution in [1.82, 2.24) is 0 Å². The maximum Gasteiger partial charge on any atom is 0.231 e. The minimum absolute atomic E-state index is 0.268. The zero-order chi connectivity index (χ0) is 27.9. The van der Waals surface area contributed by atoms with Gasteiger partial charge in [-0.1, -0.05) is 24.3 Å². The van der Waals surface area contributed by atoms with Crippen molar-refractivity contribution in [2.75, 3.05) is 35.2 Å². The van der Waals surface area contributed by atoms with Gasteiger partial charge in [-0.15, -0.1) is 0 Å². The molecule has 1 heterocycles. The van der Waals surface area contributed by atoms with E-state index in [0.29, 0.717) is 28.7 Å².